The van der Waals surface area contributed by atoms with E-state index in [0.717, 1.165) is 59.3 Å². The number of rotatable bonds is 2. The maximum atomic E-state index is 13.5. The second-order valence-corrected chi connectivity index (χ2v) is 11.9. The van der Waals surface area contributed by atoms with Crippen LogP contribution in [-0.2, 0) is 0 Å². The SMILES string of the molecule is C=C/C=C\C.C=C/C=C\C.CC.Cc1ccccc1.N=c1c2cc3c(cc2c2sc(F)cc12)c(=N)c1cc(F)sc13.Nc1ccccc1. The standard InChI is InChI=1S/C16H6F2N2S2.C7H8.C6H7N.2C5H8.C2H6/c17-11-4-10-14(20)6-2-8-5(1-7(6)15(10)21-11)13(19)9-3-12(18)22-16(8)9;1-7-5-3-2-4-6-7;7-6-4-2-1-3-5-6;2*1-3-5-4-2;1-2/h1-4,19-20H;2-6H,1H3;1-5H,7H2;2*3-5H,1H2,2H3;1-2H3/b;;;2*5-4-;. The number of benzene rings is 3. The molecule has 7 heteroatoms. The number of thiophene rings is 2. The van der Waals surface area contributed by atoms with Crippen LogP contribution in [0.25, 0.3) is 41.7 Å². The predicted octanol–water partition coefficient (Wildman–Crippen LogP) is 12.3. The molecule has 0 fully saturated rings. The molecule has 3 nitrogen and oxygen atoms in total. The average Bonchev–Trinajstić information content (AvgIpc) is 3.81. The largest absolute Gasteiger partial charge is 0.399 e. The summed E-state index contributed by atoms with van der Waals surface area (Å²) in [6.07, 6.45) is 11.2. The molecule has 248 valence electrons. The maximum absolute atomic E-state index is 13.5. The molecule has 0 spiro atoms. The normalized spacial score (nSPS) is 10.2. The van der Waals surface area contributed by atoms with E-state index in [1.165, 1.54) is 17.7 Å². The summed E-state index contributed by atoms with van der Waals surface area (Å²) in [4.78, 5) is 0. The topological polar surface area (TPSA) is 73.7 Å². The lowest BCUT2D eigenvalue weighted by Crippen LogP contribution is -1.95. The zero-order valence-electron chi connectivity index (χ0n) is 28.1. The number of hydrogen-bond acceptors (Lipinski definition) is 5. The second-order valence-electron chi connectivity index (χ2n) is 9.87. The van der Waals surface area contributed by atoms with Gasteiger partial charge in [0.2, 0.25) is 0 Å². The molecule has 0 saturated carbocycles. The van der Waals surface area contributed by atoms with E-state index in [0.29, 0.717) is 21.5 Å². The third kappa shape index (κ3) is 10.5. The Hall–Kier alpha value is -4.98. The van der Waals surface area contributed by atoms with E-state index >= 15 is 0 Å². The lowest BCUT2D eigenvalue weighted by molar-refractivity contribution is 0.658. The highest BCUT2D eigenvalue weighted by Crippen LogP contribution is 2.37. The number of halogens is 2. The van der Waals surface area contributed by atoms with Crippen molar-refractivity contribution in [2.45, 2.75) is 34.6 Å². The summed E-state index contributed by atoms with van der Waals surface area (Å²) in [6.45, 7) is 16.9. The molecule has 0 bridgehead atoms. The molecule has 0 atom stereocenters. The molecule has 0 aliphatic heterocycles. The summed E-state index contributed by atoms with van der Waals surface area (Å²) in [5.74, 6) is 0. The number of nitrogens with two attached hydrogens (primary N) is 1. The molecule has 5 aromatic carbocycles. The van der Waals surface area contributed by atoms with E-state index in [-0.39, 0.29) is 10.3 Å². The number of aryl methyl sites for hydroxylation is 1. The van der Waals surface area contributed by atoms with Crippen molar-refractivity contribution < 1.29 is 8.78 Å². The number of nitrogen functional groups attached to an aromatic ring is 1. The Labute approximate surface area is 290 Å². The Morgan fingerprint density at radius 2 is 0.979 bits per heavy atom. The van der Waals surface area contributed by atoms with E-state index < -0.39 is 0 Å². The van der Waals surface area contributed by atoms with Crippen LogP contribution in [0.2, 0.25) is 0 Å². The summed E-state index contributed by atoms with van der Waals surface area (Å²) < 4.78 is 28.4. The van der Waals surface area contributed by atoms with Crippen LogP contribution in [0.1, 0.15) is 33.3 Å². The van der Waals surface area contributed by atoms with Gasteiger partial charge in [0.25, 0.3) is 0 Å². The molecule has 4 N–H and O–H groups in total. The molecule has 2 aromatic heterocycles. The number of hydrogen-bond donors (Lipinski definition) is 3. The zero-order chi connectivity index (χ0) is 35.6. The van der Waals surface area contributed by atoms with Crippen molar-refractivity contribution in [2.24, 2.45) is 0 Å². The minimum absolute atomic E-state index is 0.296. The quantitative estimate of drug-likeness (QED) is 0.123. The van der Waals surface area contributed by atoms with Crippen LogP contribution in [0.3, 0.4) is 0 Å². The molecule has 0 aliphatic rings. The molecule has 0 aliphatic carbocycles. The molecule has 0 amide bonds. The highest BCUT2D eigenvalue weighted by molar-refractivity contribution is 7.19. The van der Waals surface area contributed by atoms with Crippen LogP contribution in [-0.4, -0.2) is 0 Å². The first-order valence-corrected chi connectivity index (χ1v) is 17.1. The van der Waals surface area contributed by atoms with Crippen LogP contribution in [0.15, 0.2) is 135 Å². The minimum Gasteiger partial charge on any atom is -0.399 e. The van der Waals surface area contributed by atoms with E-state index in [9.17, 15) is 8.78 Å². The second kappa shape index (κ2) is 20.3. The van der Waals surface area contributed by atoms with Crippen LogP contribution in [0.4, 0.5) is 14.5 Å². The maximum Gasteiger partial charge on any atom is 0.177 e. The van der Waals surface area contributed by atoms with Crippen molar-refractivity contribution in [1.29, 1.82) is 10.8 Å². The molecule has 7 rings (SSSR count). The summed E-state index contributed by atoms with van der Waals surface area (Å²) in [7, 11) is 0. The first kappa shape index (κ1) is 39.2. The van der Waals surface area contributed by atoms with Gasteiger partial charge in [-0.05, 0) is 57.2 Å². The van der Waals surface area contributed by atoms with Gasteiger partial charge in [-0.2, -0.15) is 8.78 Å². The van der Waals surface area contributed by atoms with Gasteiger partial charge in [0, 0.05) is 47.4 Å². The van der Waals surface area contributed by atoms with Crippen LogP contribution < -0.4 is 16.4 Å². The fraction of sp³-hybridized carbons (Fsp3) is 0.122. The van der Waals surface area contributed by atoms with Gasteiger partial charge in [-0.3, -0.25) is 10.8 Å². The number of nitrogens with one attached hydrogen (secondary N) is 2. The summed E-state index contributed by atoms with van der Waals surface area (Å²) in [6, 6.07) is 26.2. The van der Waals surface area contributed by atoms with Crippen molar-refractivity contribution in [3.63, 3.8) is 0 Å². The Kier molecular flexibility index (Phi) is 16.6. The van der Waals surface area contributed by atoms with Crippen molar-refractivity contribution in [2.75, 3.05) is 5.73 Å². The van der Waals surface area contributed by atoms with Crippen LogP contribution in [0, 0.1) is 28.0 Å². The molecule has 0 saturated heterocycles. The van der Waals surface area contributed by atoms with Crippen molar-refractivity contribution in [1.82, 2.24) is 0 Å². The molecule has 0 radical (unpaired) electrons. The predicted molar refractivity (Wildman–Crippen MR) is 210 cm³/mol. The molecular weight excluding hydrogens is 637 g/mol. The van der Waals surface area contributed by atoms with Gasteiger partial charge in [-0.15, -0.1) is 22.7 Å². The summed E-state index contributed by atoms with van der Waals surface area (Å²) in [5.41, 5.74) is 7.50. The number of para-hydroxylation sites is 1. The fourth-order valence-electron chi connectivity index (χ4n) is 4.43. The van der Waals surface area contributed by atoms with E-state index in [4.69, 9.17) is 16.6 Å². The summed E-state index contributed by atoms with van der Waals surface area (Å²) >= 11 is 2.05. The highest BCUT2D eigenvalue weighted by atomic mass is 32.1. The van der Waals surface area contributed by atoms with Crippen LogP contribution >= 0.6 is 22.7 Å². The van der Waals surface area contributed by atoms with Crippen molar-refractivity contribution in [3.05, 3.63) is 161 Å². The van der Waals surface area contributed by atoms with Crippen molar-refractivity contribution in [3.8, 4) is 0 Å². The van der Waals surface area contributed by atoms with Gasteiger partial charge in [0.1, 0.15) is 0 Å². The van der Waals surface area contributed by atoms with E-state index in [1.54, 1.807) is 12.2 Å². The van der Waals surface area contributed by atoms with Gasteiger partial charge in [0.05, 0.1) is 10.7 Å². The molecule has 7 aromatic rings. The Balaban J connectivity index is 0.000000253. The average molecular weight is 680 g/mol. The molecule has 2 heterocycles. The number of fused-ring (bicyclic) bond motifs is 6. The Bertz CT molecular complexity index is 2020. The van der Waals surface area contributed by atoms with Gasteiger partial charge >= 0.3 is 0 Å². The smallest absolute Gasteiger partial charge is 0.177 e. The van der Waals surface area contributed by atoms with Crippen molar-refractivity contribution >= 4 is 70.1 Å². The Morgan fingerprint density at radius 1 is 0.604 bits per heavy atom. The zero-order valence-corrected chi connectivity index (χ0v) is 29.7. The van der Waals surface area contributed by atoms with Gasteiger partial charge in [-0.1, -0.05) is 118 Å². The first-order chi connectivity index (χ1) is 23.2. The lowest BCUT2D eigenvalue weighted by Gasteiger charge is -1.94. The third-order valence-electron chi connectivity index (χ3n) is 6.53. The minimum atomic E-state index is -0.308. The fourth-order valence-corrected chi connectivity index (χ4v) is 6.28. The molecule has 0 unspecified atom stereocenters. The number of anilines is 1. The third-order valence-corrected chi connectivity index (χ3v) is 8.44. The van der Waals surface area contributed by atoms with Gasteiger partial charge < -0.3 is 5.73 Å². The molecule has 48 heavy (non-hydrogen) atoms. The van der Waals surface area contributed by atoms with Gasteiger partial charge in [-0.25, -0.2) is 0 Å². The monoisotopic (exact) mass is 679 g/mol. The Morgan fingerprint density at radius 3 is 1.23 bits per heavy atom. The van der Waals surface area contributed by atoms with E-state index in [1.807, 2.05) is 113 Å². The molecular formula is C41H43F2N3S2. The lowest BCUT2D eigenvalue weighted by atomic mass is 10.1. The first-order valence-electron chi connectivity index (χ1n) is 15.4. The van der Waals surface area contributed by atoms with Crippen LogP contribution in [0.5, 0.6) is 0 Å². The van der Waals surface area contributed by atoms with Gasteiger partial charge in [0.15, 0.2) is 10.3 Å². The number of allylic oxidation sites excluding steroid dienone is 6. The summed E-state index contributed by atoms with van der Waals surface area (Å²) in [5, 5.41) is 20.7. The van der Waals surface area contributed by atoms with E-state index in [2.05, 4.69) is 32.2 Å². The highest BCUT2D eigenvalue weighted by Gasteiger charge is 2.17.